The molecule has 7 heteroatoms. The molecule has 0 bridgehead atoms. The molecule has 1 saturated carbocycles. The fourth-order valence-electron chi connectivity index (χ4n) is 3.18. The van der Waals surface area contributed by atoms with Crippen molar-refractivity contribution in [3.63, 3.8) is 0 Å². The summed E-state index contributed by atoms with van der Waals surface area (Å²) in [6.07, 6.45) is 6.26. The summed E-state index contributed by atoms with van der Waals surface area (Å²) >= 11 is 0. The van der Waals surface area contributed by atoms with Crippen molar-refractivity contribution in [2.45, 2.75) is 39.2 Å². The van der Waals surface area contributed by atoms with Gasteiger partial charge in [-0.1, -0.05) is 6.07 Å². The van der Waals surface area contributed by atoms with Crippen LogP contribution in [0, 0.1) is 5.92 Å². The summed E-state index contributed by atoms with van der Waals surface area (Å²) in [6.45, 7) is 4.85. The number of rotatable bonds is 12. The second-order valence-electron chi connectivity index (χ2n) is 7.63. The van der Waals surface area contributed by atoms with E-state index in [1.54, 1.807) is 20.4 Å². The number of hydrogen-bond donors (Lipinski definition) is 2. The number of pyridine rings is 1. The van der Waals surface area contributed by atoms with Crippen LogP contribution in [-0.4, -0.2) is 44.9 Å². The maximum Gasteiger partial charge on any atom is 0.213 e. The number of nitrogens with zero attached hydrogens (tertiary/aromatic N) is 2. The van der Waals surface area contributed by atoms with Gasteiger partial charge in [0.25, 0.3) is 0 Å². The molecule has 2 N–H and O–H groups in total. The molecule has 0 atom stereocenters. The Bertz CT molecular complexity index is 852. The van der Waals surface area contributed by atoms with Crippen LogP contribution in [0.15, 0.2) is 41.5 Å². The molecule has 0 aliphatic heterocycles. The van der Waals surface area contributed by atoms with Gasteiger partial charge in [0.2, 0.25) is 5.88 Å². The lowest BCUT2D eigenvalue weighted by Crippen LogP contribution is -2.37. The van der Waals surface area contributed by atoms with Crippen LogP contribution >= 0.6 is 0 Å². The van der Waals surface area contributed by atoms with Gasteiger partial charge in [0.05, 0.1) is 20.3 Å². The third kappa shape index (κ3) is 7.66. The number of nitrogens with one attached hydrogen (secondary N) is 2. The molecular formula is C24H34N4O3. The molecule has 168 valence electrons. The van der Waals surface area contributed by atoms with Crippen molar-refractivity contribution < 1.29 is 14.2 Å². The Labute approximate surface area is 185 Å². The molecular weight excluding hydrogens is 392 g/mol. The number of aryl methyl sites for hydroxylation is 1. The molecule has 2 aromatic rings. The van der Waals surface area contributed by atoms with Crippen molar-refractivity contribution in [1.29, 1.82) is 0 Å². The van der Waals surface area contributed by atoms with Crippen LogP contribution in [0.2, 0.25) is 0 Å². The zero-order chi connectivity index (χ0) is 21.9. The number of benzene rings is 1. The van der Waals surface area contributed by atoms with Crippen LogP contribution < -0.4 is 24.8 Å². The summed E-state index contributed by atoms with van der Waals surface area (Å²) in [6, 6.07) is 10.1. The van der Waals surface area contributed by atoms with Crippen LogP contribution in [0.25, 0.3) is 0 Å². The summed E-state index contributed by atoms with van der Waals surface area (Å²) in [5, 5.41) is 6.72. The van der Waals surface area contributed by atoms with E-state index in [0.717, 1.165) is 54.9 Å². The Hall–Kier alpha value is -2.96. The zero-order valence-electron chi connectivity index (χ0n) is 18.8. The number of guanidine groups is 1. The Kier molecular flexibility index (Phi) is 8.82. The third-order valence-corrected chi connectivity index (χ3v) is 5.11. The van der Waals surface area contributed by atoms with E-state index >= 15 is 0 Å². The van der Waals surface area contributed by atoms with E-state index in [4.69, 9.17) is 14.2 Å². The van der Waals surface area contributed by atoms with Gasteiger partial charge < -0.3 is 24.8 Å². The molecule has 3 rings (SSSR count). The first-order valence-corrected chi connectivity index (χ1v) is 11.0. The highest BCUT2D eigenvalue weighted by Crippen LogP contribution is 2.29. The molecule has 0 radical (unpaired) electrons. The Balaban J connectivity index is 1.39. The lowest BCUT2D eigenvalue weighted by atomic mass is 10.1. The Morgan fingerprint density at radius 2 is 1.97 bits per heavy atom. The van der Waals surface area contributed by atoms with Crippen molar-refractivity contribution in [2.75, 3.05) is 33.9 Å². The molecule has 0 amide bonds. The van der Waals surface area contributed by atoms with Gasteiger partial charge in [-0.2, -0.15) is 0 Å². The Morgan fingerprint density at radius 1 is 1.10 bits per heavy atom. The van der Waals surface area contributed by atoms with Crippen LogP contribution in [0.5, 0.6) is 17.4 Å². The fourth-order valence-corrected chi connectivity index (χ4v) is 3.18. The van der Waals surface area contributed by atoms with Gasteiger partial charge in [-0.05, 0) is 67.9 Å². The van der Waals surface area contributed by atoms with Gasteiger partial charge in [0.15, 0.2) is 17.5 Å². The third-order valence-electron chi connectivity index (χ3n) is 5.11. The average molecular weight is 427 g/mol. The van der Waals surface area contributed by atoms with E-state index in [0.29, 0.717) is 19.0 Å². The van der Waals surface area contributed by atoms with E-state index in [2.05, 4.69) is 32.7 Å². The molecule has 1 aliphatic rings. The monoisotopic (exact) mass is 426 g/mol. The van der Waals surface area contributed by atoms with Gasteiger partial charge in [0, 0.05) is 32.4 Å². The normalized spacial score (nSPS) is 13.6. The minimum atomic E-state index is 0.620. The topological polar surface area (TPSA) is 77.0 Å². The van der Waals surface area contributed by atoms with Crippen molar-refractivity contribution in [3.8, 4) is 17.4 Å². The van der Waals surface area contributed by atoms with Crippen LogP contribution in [-0.2, 0) is 13.0 Å². The predicted molar refractivity (Wildman–Crippen MR) is 123 cm³/mol. The van der Waals surface area contributed by atoms with Gasteiger partial charge >= 0.3 is 0 Å². The van der Waals surface area contributed by atoms with Crippen LogP contribution in [0.3, 0.4) is 0 Å². The highest BCUT2D eigenvalue weighted by molar-refractivity contribution is 5.79. The Morgan fingerprint density at radius 3 is 2.71 bits per heavy atom. The molecule has 1 aliphatic carbocycles. The number of hydrogen-bond acceptors (Lipinski definition) is 5. The number of aliphatic imine (C=N–C) groups is 1. The smallest absolute Gasteiger partial charge is 0.213 e. The summed E-state index contributed by atoms with van der Waals surface area (Å²) in [4.78, 5) is 8.60. The van der Waals surface area contributed by atoms with Crippen molar-refractivity contribution >= 4 is 5.96 Å². The second kappa shape index (κ2) is 12.0. The van der Waals surface area contributed by atoms with Crippen molar-refractivity contribution in [1.82, 2.24) is 15.6 Å². The quantitative estimate of drug-likeness (QED) is 0.307. The average Bonchev–Trinajstić information content (AvgIpc) is 3.62. The highest BCUT2D eigenvalue weighted by Gasteiger charge is 2.22. The van der Waals surface area contributed by atoms with Crippen molar-refractivity contribution in [2.24, 2.45) is 10.9 Å². The van der Waals surface area contributed by atoms with Crippen LogP contribution in [0.4, 0.5) is 0 Å². The maximum absolute atomic E-state index is 5.76. The lowest BCUT2D eigenvalue weighted by molar-refractivity contribution is 0.288. The zero-order valence-corrected chi connectivity index (χ0v) is 18.8. The largest absolute Gasteiger partial charge is 0.493 e. The highest BCUT2D eigenvalue weighted by atomic mass is 16.5. The van der Waals surface area contributed by atoms with E-state index in [1.165, 1.54) is 18.4 Å². The first-order chi connectivity index (χ1) is 15.2. The van der Waals surface area contributed by atoms with E-state index in [1.807, 2.05) is 25.1 Å². The molecule has 1 heterocycles. The van der Waals surface area contributed by atoms with Gasteiger partial charge in [-0.3, -0.25) is 4.99 Å². The molecule has 1 fully saturated rings. The van der Waals surface area contributed by atoms with Crippen molar-refractivity contribution in [3.05, 3.63) is 47.7 Å². The van der Waals surface area contributed by atoms with Gasteiger partial charge in [-0.15, -0.1) is 0 Å². The molecule has 7 nitrogen and oxygen atoms in total. The van der Waals surface area contributed by atoms with E-state index < -0.39 is 0 Å². The van der Waals surface area contributed by atoms with Crippen LogP contribution in [0.1, 0.15) is 37.3 Å². The molecule has 31 heavy (non-hydrogen) atoms. The molecule has 0 spiro atoms. The second-order valence-corrected chi connectivity index (χ2v) is 7.63. The number of aromatic nitrogens is 1. The maximum atomic E-state index is 5.76. The fraction of sp³-hybridized carbons (Fsp3) is 0.500. The molecule has 0 saturated heterocycles. The SMILES string of the molecule is CCOc1cc(CCCNC(=NC)NCc2ccnc(OCC3CC3)c2)ccc1OC. The number of ether oxygens (including phenoxy) is 3. The van der Waals surface area contributed by atoms with Gasteiger partial charge in [0.1, 0.15) is 0 Å². The molecule has 0 unspecified atom stereocenters. The van der Waals surface area contributed by atoms with Gasteiger partial charge in [-0.25, -0.2) is 4.98 Å². The lowest BCUT2D eigenvalue weighted by Gasteiger charge is -2.13. The minimum Gasteiger partial charge on any atom is -0.493 e. The first-order valence-electron chi connectivity index (χ1n) is 11.0. The molecule has 1 aromatic carbocycles. The molecule has 1 aromatic heterocycles. The summed E-state index contributed by atoms with van der Waals surface area (Å²) in [5.74, 6) is 3.76. The van der Waals surface area contributed by atoms with E-state index in [-0.39, 0.29) is 0 Å². The van der Waals surface area contributed by atoms with E-state index in [9.17, 15) is 0 Å². The summed E-state index contributed by atoms with van der Waals surface area (Å²) < 4.78 is 16.8. The number of methoxy groups -OCH3 is 1. The summed E-state index contributed by atoms with van der Waals surface area (Å²) in [5.41, 5.74) is 2.34. The predicted octanol–water partition coefficient (Wildman–Crippen LogP) is 3.58. The standard InChI is InChI=1S/C24H34N4O3/c1-4-30-22-14-18(9-10-21(22)29-3)6-5-12-27-24(25-2)28-16-20-11-13-26-23(15-20)31-17-19-7-8-19/h9-11,13-15,19H,4-8,12,16-17H2,1-3H3,(H2,25,27,28). The first kappa shape index (κ1) is 22.7. The minimum absolute atomic E-state index is 0.620. The summed E-state index contributed by atoms with van der Waals surface area (Å²) in [7, 11) is 3.44.